The van der Waals surface area contributed by atoms with Crippen LogP contribution in [0.4, 0.5) is 5.69 Å². The molecule has 0 spiro atoms. The lowest BCUT2D eigenvalue weighted by atomic mass is 9.97. The third kappa shape index (κ3) is 4.04. The van der Waals surface area contributed by atoms with Crippen molar-refractivity contribution in [2.75, 3.05) is 26.1 Å². The second-order valence-electron chi connectivity index (χ2n) is 6.55. The van der Waals surface area contributed by atoms with Gasteiger partial charge in [-0.1, -0.05) is 6.07 Å². The zero-order valence-electron chi connectivity index (χ0n) is 15.8. The summed E-state index contributed by atoms with van der Waals surface area (Å²) in [5.74, 6) is 1.34. The lowest BCUT2D eigenvalue weighted by molar-refractivity contribution is -0.121. The predicted octanol–water partition coefficient (Wildman–Crippen LogP) is 2.96. The smallest absolute Gasteiger partial charge is 0.241 e. The topological polar surface area (TPSA) is 74.6 Å². The van der Waals surface area contributed by atoms with E-state index < -0.39 is 0 Å². The van der Waals surface area contributed by atoms with Gasteiger partial charge in [-0.25, -0.2) is 0 Å². The van der Waals surface area contributed by atoms with E-state index in [0.717, 1.165) is 24.3 Å². The average Bonchev–Trinajstić information content (AvgIpc) is 2.71. The zero-order chi connectivity index (χ0) is 19.4. The van der Waals surface area contributed by atoms with Crippen molar-refractivity contribution in [3.63, 3.8) is 0 Å². The summed E-state index contributed by atoms with van der Waals surface area (Å²) in [6.07, 6.45) is 0.844. The molecule has 2 aromatic carbocycles. The molecule has 0 aromatic heterocycles. The molecule has 0 aliphatic carbocycles. The molecular weight excluding hydrogens is 342 g/mol. The maximum absolute atomic E-state index is 12.7. The summed E-state index contributed by atoms with van der Waals surface area (Å²) in [7, 11) is 3.25. The van der Waals surface area contributed by atoms with Gasteiger partial charge < -0.3 is 14.8 Å². The molecule has 1 aliphatic rings. The van der Waals surface area contributed by atoms with Gasteiger partial charge in [-0.2, -0.15) is 5.26 Å². The minimum atomic E-state index is -0.294. The minimum absolute atomic E-state index is 0.0889. The first-order chi connectivity index (χ1) is 13.0. The van der Waals surface area contributed by atoms with Gasteiger partial charge in [0.25, 0.3) is 0 Å². The Labute approximate surface area is 159 Å². The van der Waals surface area contributed by atoms with Crippen LogP contribution in [0.1, 0.15) is 23.6 Å². The van der Waals surface area contributed by atoms with Crippen molar-refractivity contribution in [1.82, 2.24) is 4.90 Å². The van der Waals surface area contributed by atoms with Crippen molar-refractivity contribution < 1.29 is 14.3 Å². The van der Waals surface area contributed by atoms with Gasteiger partial charge in [-0.15, -0.1) is 0 Å². The van der Waals surface area contributed by atoms with E-state index >= 15 is 0 Å². The Morgan fingerprint density at radius 1 is 1.19 bits per heavy atom. The van der Waals surface area contributed by atoms with Gasteiger partial charge in [0.05, 0.1) is 31.9 Å². The molecule has 27 heavy (non-hydrogen) atoms. The van der Waals surface area contributed by atoms with Gasteiger partial charge in [0.15, 0.2) is 11.5 Å². The highest BCUT2D eigenvalue weighted by Gasteiger charge is 2.26. The van der Waals surface area contributed by atoms with Gasteiger partial charge in [-0.05, 0) is 54.8 Å². The monoisotopic (exact) mass is 365 g/mol. The molecule has 0 saturated heterocycles. The summed E-state index contributed by atoms with van der Waals surface area (Å²) in [5.41, 5.74) is 3.52. The zero-order valence-corrected chi connectivity index (χ0v) is 15.8. The van der Waals surface area contributed by atoms with Crippen molar-refractivity contribution in [2.24, 2.45) is 0 Å². The third-order valence-electron chi connectivity index (χ3n) is 4.93. The fourth-order valence-electron chi connectivity index (χ4n) is 3.31. The van der Waals surface area contributed by atoms with Crippen LogP contribution in [0, 0.1) is 11.3 Å². The highest BCUT2D eigenvalue weighted by Crippen LogP contribution is 2.33. The Kier molecular flexibility index (Phi) is 5.63. The van der Waals surface area contributed by atoms with E-state index in [1.165, 1.54) is 5.56 Å². The lowest BCUT2D eigenvalue weighted by Crippen LogP contribution is -2.44. The van der Waals surface area contributed by atoms with Crippen LogP contribution in [0.25, 0.3) is 0 Å². The van der Waals surface area contributed by atoms with Crippen LogP contribution < -0.4 is 14.8 Å². The average molecular weight is 365 g/mol. The van der Waals surface area contributed by atoms with Crippen molar-refractivity contribution in [2.45, 2.75) is 25.9 Å². The van der Waals surface area contributed by atoms with Crippen LogP contribution in [0.15, 0.2) is 36.4 Å². The predicted molar refractivity (Wildman–Crippen MR) is 103 cm³/mol. The fraction of sp³-hybridized carbons (Fsp3) is 0.333. The third-order valence-corrected chi connectivity index (χ3v) is 4.93. The second kappa shape index (κ2) is 8.11. The normalized spacial score (nSPS) is 14.6. The van der Waals surface area contributed by atoms with Crippen LogP contribution >= 0.6 is 0 Å². The van der Waals surface area contributed by atoms with E-state index in [9.17, 15) is 4.79 Å². The number of hydrogen-bond acceptors (Lipinski definition) is 5. The first kappa shape index (κ1) is 18.7. The molecule has 0 radical (unpaired) electrons. The highest BCUT2D eigenvalue weighted by atomic mass is 16.5. The van der Waals surface area contributed by atoms with Gasteiger partial charge in [0, 0.05) is 18.8 Å². The molecule has 1 heterocycles. The van der Waals surface area contributed by atoms with Gasteiger partial charge >= 0.3 is 0 Å². The number of nitrogens with zero attached hydrogens (tertiary/aromatic N) is 2. The Balaban J connectivity index is 1.72. The van der Waals surface area contributed by atoms with Crippen LogP contribution in [0.5, 0.6) is 11.5 Å². The van der Waals surface area contributed by atoms with Crippen molar-refractivity contribution in [1.29, 1.82) is 5.26 Å². The number of hydrogen-bond donors (Lipinski definition) is 1. The summed E-state index contributed by atoms with van der Waals surface area (Å²) in [4.78, 5) is 14.8. The van der Waals surface area contributed by atoms with E-state index in [4.69, 9.17) is 14.7 Å². The number of carbonyl (C=O) groups is 1. The number of methoxy groups -OCH3 is 2. The standard InChI is InChI=1S/C21H23N3O3/c1-14(21(25)23-18-6-4-5-15(9-18)12-22)24-8-7-16-10-19(26-2)20(27-3)11-17(16)13-24/h4-6,9-11,14H,7-8,13H2,1-3H3,(H,23,25)/t14-/m1/s1. The number of carbonyl (C=O) groups excluding carboxylic acids is 1. The molecule has 1 N–H and O–H groups in total. The van der Waals surface area contributed by atoms with Gasteiger partial charge in [-0.3, -0.25) is 9.69 Å². The molecule has 0 unspecified atom stereocenters. The number of anilines is 1. The molecule has 0 saturated carbocycles. The molecule has 1 aliphatic heterocycles. The van der Waals surface area contributed by atoms with E-state index in [1.54, 1.807) is 38.5 Å². The molecule has 1 amide bonds. The number of amides is 1. The van der Waals surface area contributed by atoms with Gasteiger partial charge in [0.1, 0.15) is 0 Å². The Hall–Kier alpha value is -3.04. The Morgan fingerprint density at radius 2 is 1.89 bits per heavy atom. The van der Waals surface area contributed by atoms with E-state index in [2.05, 4.69) is 16.3 Å². The van der Waals surface area contributed by atoms with Crippen molar-refractivity contribution in [3.8, 4) is 17.6 Å². The number of nitrogens with one attached hydrogen (secondary N) is 1. The molecule has 0 fully saturated rings. The molecule has 6 nitrogen and oxygen atoms in total. The highest BCUT2D eigenvalue weighted by molar-refractivity contribution is 5.94. The number of nitriles is 1. The SMILES string of the molecule is COc1cc2c(cc1OC)CN([C@H](C)C(=O)Nc1cccc(C#N)c1)CC2. The Morgan fingerprint density at radius 3 is 2.56 bits per heavy atom. The number of fused-ring (bicyclic) bond motifs is 1. The summed E-state index contributed by atoms with van der Waals surface area (Å²) in [6.45, 7) is 3.35. The molecule has 6 heteroatoms. The number of ether oxygens (including phenoxy) is 2. The van der Waals surface area contributed by atoms with Gasteiger partial charge in [0.2, 0.25) is 5.91 Å². The molecule has 140 valence electrons. The quantitative estimate of drug-likeness (QED) is 0.882. The maximum Gasteiger partial charge on any atom is 0.241 e. The van der Waals surface area contributed by atoms with Crippen LogP contribution in [0.3, 0.4) is 0 Å². The van der Waals surface area contributed by atoms with Crippen LogP contribution in [-0.4, -0.2) is 37.6 Å². The first-order valence-electron chi connectivity index (χ1n) is 8.84. The summed E-state index contributed by atoms with van der Waals surface area (Å²) >= 11 is 0. The van der Waals surface area contributed by atoms with Crippen molar-refractivity contribution in [3.05, 3.63) is 53.1 Å². The number of benzene rings is 2. The minimum Gasteiger partial charge on any atom is -0.493 e. The number of rotatable bonds is 5. The summed E-state index contributed by atoms with van der Waals surface area (Å²) in [5, 5.41) is 11.9. The van der Waals surface area contributed by atoms with Crippen LogP contribution in [0.2, 0.25) is 0 Å². The lowest BCUT2D eigenvalue weighted by Gasteiger charge is -2.33. The van der Waals surface area contributed by atoms with E-state index in [1.807, 2.05) is 19.1 Å². The van der Waals surface area contributed by atoms with E-state index in [0.29, 0.717) is 23.5 Å². The molecule has 3 rings (SSSR count). The Bertz CT molecular complexity index is 889. The summed E-state index contributed by atoms with van der Waals surface area (Å²) in [6, 6.07) is 12.7. The molecule has 0 bridgehead atoms. The van der Waals surface area contributed by atoms with Crippen LogP contribution in [-0.2, 0) is 17.8 Å². The molecular formula is C21H23N3O3. The largest absolute Gasteiger partial charge is 0.493 e. The van der Waals surface area contributed by atoms with E-state index in [-0.39, 0.29) is 11.9 Å². The fourth-order valence-corrected chi connectivity index (χ4v) is 3.31. The first-order valence-corrected chi connectivity index (χ1v) is 8.84. The maximum atomic E-state index is 12.7. The molecule has 1 atom stereocenters. The second-order valence-corrected chi connectivity index (χ2v) is 6.55. The van der Waals surface area contributed by atoms with Crippen molar-refractivity contribution >= 4 is 11.6 Å². The summed E-state index contributed by atoms with van der Waals surface area (Å²) < 4.78 is 10.8. The molecule has 2 aromatic rings.